The highest BCUT2D eigenvalue weighted by atomic mass is 32.1. The van der Waals surface area contributed by atoms with E-state index in [1.165, 1.54) is 18.2 Å². The third-order valence-corrected chi connectivity index (χ3v) is 2.15. The van der Waals surface area contributed by atoms with Gasteiger partial charge in [-0.2, -0.15) is 23.4 Å². The third-order valence-electron chi connectivity index (χ3n) is 2.06. The van der Waals surface area contributed by atoms with Gasteiger partial charge in [0.25, 0.3) is 0 Å². The fourth-order valence-electron chi connectivity index (χ4n) is 1.29. The first-order valence-corrected chi connectivity index (χ1v) is 5.05. The minimum Gasteiger partial charge on any atom is -0.195 e. The number of thiocarbonyl (C=S) groups is 1. The molecule has 0 fully saturated rings. The van der Waals surface area contributed by atoms with Crippen molar-refractivity contribution in [1.29, 1.82) is 5.26 Å². The summed E-state index contributed by atoms with van der Waals surface area (Å²) in [5.41, 5.74) is 0.935. The van der Waals surface area contributed by atoms with Crippen molar-refractivity contribution in [2.75, 3.05) is 0 Å². The Hall–Kier alpha value is -1.70. The molecule has 0 unspecified atom stereocenters. The Morgan fingerprint density at radius 1 is 1.35 bits per heavy atom. The molecule has 88 valence electrons. The molecule has 0 atom stereocenters. The molecule has 0 amide bonds. The Kier molecular flexibility index (Phi) is 4.38. The molecular formula is C11H7F3N2S. The normalized spacial score (nSPS) is 10.5. The lowest BCUT2D eigenvalue weighted by molar-refractivity contribution is -0.134. The molecular weight excluding hydrogens is 249 g/mol. The Balaban J connectivity index is 2.99. The molecule has 17 heavy (non-hydrogen) atoms. The lowest BCUT2D eigenvalue weighted by Gasteiger charge is -2.07. The van der Waals surface area contributed by atoms with Crippen LogP contribution in [0.25, 0.3) is 0 Å². The van der Waals surface area contributed by atoms with Crippen molar-refractivity contribution in [2.24, 2.45) is 4.99 Å². The summed E-state index contributed by atoms with van der Waals surface area (Å²) in [6.07, 6.45) is -5.45. The zero-order valence-corrected chi connectivity index (χ0v) is 9.40. The van der Waals surface area contributed by atoms with E-state index in [0.29, 0.717) is 11.3 Å². The van der Waals surface area contributed by atoms with Gasteiger partial charge in [-0.3, -0.25) is 0 Å². The van der Waals surface area contributed by atoms with Crippen molar-refractivity contribution in [3.8, 4) is 6.07 Å². The number of benzene rings is 1. The first-order valence-electron chi connectivity index (χ1n) is 4.64. The standard InChI is InChI=1S/C11H7F3N2S/c12-11(13,14)4-3-8-5-10(16-7-17)2-1-9(8)6-15/h1-2,5H,3-4H2. The Bertz CT molecular complexity index is 496. The first kappa shape index (κ1) is 13.4. The number of hydrogen-bond donors (Lipinski definition) is 0. The van der Waals surface area contributed by atoms with Gasteiger partial charge >= 0.3 is 6.18 Å². The van der Waals surface area contributed by atoms with Gasteiger partial charge in [-0.15, -0.1) is 0 Å². The second kappa shape index (κ2) is 5.58. The molecule has 0 aromatic heterocycles. The van der Waals surface area contributed by atoms with E-state index in [0.717, 1.165) is 0 Å². The molecule has 0 N–H and O–H groups in total. The van der Waals surface area contributed by atoms with E-state index in [2.05, 4.69) is 22.4 Å². The lowest BCUT2D eigenvalue weighted by atomic mass is 10.0. The highest BCUT2D eigenvalue weighted by Crippen LogP contribution is 2.25. The average molecular weight is 256 g/mol. The van der Waals surface area contributed by atoms with Crippen molar-refractivity contribution >= 4 is 23.1 Å². The van der Waals surface area contributed by atoms with E-state index < -0.39 is 12.6 Å². The number of alkyl halides is 3. The molecule has 0 aliphatic carbocycles. The van der Waals surface area contributed by atoms with Crippen LogP contribution in [0.1, 0.15) is 17.5 Å². The zero-order valence-electron chi connectivity index (χ0n) is 8.58. The average Bonchev–Trinajstić information content (AvgIpc) is 2.26. The second-order valence-corrected chi connectivity index (χ2v) is 3.45. The molecule has 0 saturated carbocycles. The Labute approximate surface area is 101 Å². The van der Waals surface area contributed by atoms with Gasteiger partial charge in [0.2, 0.25) is 0 Å². The van der Waals surface area contributed by atoms with Gasteiger partial charge < -0.3 is 0 Å². The summed E-state index contributed by atoms with van der Waals surface area (Å²) in [5.74, 6) is 0. The van der Waals surface area contributed by atoms with E-state index in [4.69, 9.17) is 5.26 Å². The minimum atomic E-state index is -4.24. The number of nitriles is 1. The highest BCUT2D eigenvalue weighted by Gasteiger charge is 2.26. The number of rotatable bonds is 3. The summed E-state index contributed by atoms with van der Waals surface area (Å²) < 4.78 is 36.3. The summed E-state index contributed by atoms with van der Waals surface area (Å²) in [6, 6.07) is 6.20. The molecule has 1 rings (SSSR count). The summed E-state index contributed by atoms with van der Waals surface area (Å²) in [6.45, 7) is 0. The molecule has 1 aromatic carbocycles. The topological polar surface area (TPSA) is 36.1 Å². The number of hydrogen-bond acceptors (Lipinski definition) is 3. The largest absolute Gasteiger partial charge is 0.389 e. The van der Waals surface area contributed by atoms with Crippen LogP contribution < -0.4 is 0 Å². The maximum atomic E-state index is 12.1. The number of halogens is 3. The summed E-state index contributed by atoms with van der Waals surface area (Å²) in [4.78, 5) is 3.66. The van der Waals surface area contributed by atoms with Crippen LogP contribution in [0.2, 0.25) is 0 Å². The van der Waals surface area contributed by atoms with Crippen LogP contribution in [0.5, 0.6) is 0 Å². The van der Waals surface area contributed by atoms with Crippen molar-refractivity contribution in [3.63, 3.8) is 0 Å². The number of aryl methyl sites for hydroxylation is 1. The van der Waals surface area contributed by atoms with Crippen molar-refractivity contribution < 1.29 is 13.2 Å². The molecule has 1 aromatic rings. The van der Waals surface area contributed by atoms with Crippen LogP contribution in [-0.4, -0.2) is 11.3 Å². The predicted molar refractivity (Wildman–Crippen MR) is 60.2 cm³/mol. The molecule has 0 radical (unpaired) electrons. The predicted octanol–water partition coefficient (Wildman–Crippen LogP) is 3.79. The Morgan fingerprint density at radius 2 is 2.06 bits per heavy atom. The molecule has 0 aliphatic heterocycles. The Morgan fingerprint density at radius 3 is 2.59 bits per heavy atom. The van der Waals surface area contributed by atoms with Gasteiger partial charge in [-0.25, -0.2) is 0 Å². The molecule has 0 saturated heterocycles. The van der Waals surface area contributed by atoms with Gasteiger partial charge in [0.05, 0.1) is 22.5 Å². The maximum absolute atomic E-state index is 12.1. The molecule has 0 bridgehead atoms. The fourth-order valence-corrected chi connectivity index (χ4v) is 1.40. The van der Waals surface area contributed by atoms with Crippen molar-refractivity contribution in [1.82, 2.24) is 0 Å². The SMILES string of the molecule is N#Cc1ccc(N=C=S)cc1CCC(F)(F)F. The van der Waals surface area contributed by atoms with Gasteiger partial charge in [-0.1, -0.05) is 0 Å². The minimum absolute atomic E-state index is 0.220. The molecule has 0 spiro atoms. The van der Waals surface area contributed by atoms with Gasteiger partial charge in [0, 0.05) is 6.42 Å². The molecule has 2 nitrogen and oxygen atoms in total. The van der Waals surface area contributed by atoms with Crippen molar-refractivity contribution in [2.45, 2.75) is 19.0 Å². The number of nitrogens with zero attached hydrogens (tertiary/aromatic N) is 2. The van der Waals surface area contributed by atoms with Crippen LogP contribution in [0.15, 0.2) is 23.2 Å². The van der Waals surface area contributed by atoms with Gasteiger partial charge in [0.15, 0.2) is 0 Å². The summed E-state index contributed by atoms with van der Waals surface area (Å²) in [7, 11) is 0. The first-order chi connectivity index (χ1) is 7.96. The van der Waals surface area contributed by atoms with Crippen LogP contribution in [0.3, 0.4) is 0 Å². The quantitative estimate of drug-likeness (QED) is 0.609. The summed E-state index contributed by atoms with van der Waals surface area (Å²) >= 11 is 4.40. The van der Waals surface area contributed by atoms with E-state index in [9.17, 15) is 13.2 Å². The second-order valence-electron chi connectivity index (χ2n) is 3.27. The van der Waals surface area contributed by atoms with Gasteiger partial charge in [0.1, 0.15) is 0 Å². The van der Waals surface area contributed by atoms with Crippen LogP contribution in [0.4, 0.5) is 18.9 Å². The smallest absolute Gasteiger partial charge is 0.195 e. The van der Waals surface area contributed by atoms with Gasteiger partial charge in [-0.05, 0) is 42.4 Å². The maximum Gasteiger partial charge on any atom is 0.389 e. The molecule has 0 aliphatic rings. The number of aliphatic imine (C=N–C) groups is 1. The number of isothiocyanates is 1. The van der Waals surface area contributed by atoms with Crippen molar-refractivity contribution in [3.05, 3.63) is 29.3 Å². The summed E-state index contributed by atoms with van der Waals surface area (Å²) in [5, 5.41) is 10.9. The van der Waals surface area contributed by atoms with Crippen LogP contribution >= 0.6 is 12.2 Å². The van der Waals surface area contributed by atoms with Crippen LogP contribution in [0, 0.1) is 11.3 Å². The van der Waals surface area contributed by atoms with E-state index in [1.54, 1.807) is 0 Å². The van der Waals surface area contributed by atoms with E-state index in [-0.39, 0.29) is 12.0 Å². The molecule has 0 heterocycles. The monoisotopic (exact) mass is 256 g/mol. The molecule has 6 heteroatoms. The van der Waals surface area contributed by atoms with Crippen LogP contribution in [-0.2, 0) is 6.42 Å². The fraction of sp³-hybridized carbons (Fsp3) is 0.273. The lowest BCUT2D eigenvalue weighted by Crippen LogP contribution is -2.09. The van der Waals surface area contributed by atoms with E-state index in [1.807, 2.05) is 6.07 Å². The highest BCUT2D eigenvalue weighted by molar-refractivity contribution is 7.78. The van der Waals surface area contributed by atoms with E-state index >= 15 is 0 Å². The third kappa shape index (κ3) is 4.35. The zero-order chi connectivity index (χ0) is 12.9.